The molecule has 1 fully saturated rings. The van der Waals surface area contributed by atoms with Crippen molar-refractivity contribution in [3.05, 3.63) is 63.6 Å². The second-order valence-electron chi connectivity index (χ2n) is 6.84. The first-order valence-corrected chi connectivity index (χ1v) is 9.86. The van der Waals surface area contributed by atoms with Gasteiger partial charge in [0.2, 0.25) is 5.91 Å². The summed E-state index contributed by atoms with van der Waals surface area (Å²) in [7, 11) is 0. The molecule has 30 heavy (non-hydrogen) atoms. The first kappa shape index (κ1) is 22.2. The van der Waals surface area contributed by atoms with Gasteiger partial charge in [0.25, 0.3) is 0 Å². The largest absolute Gasteiger partial charge is 0.416 e. The number of carbonyl (C=O) groups is 2. The van der Waals surface area contributed by atoms with E-state index in [0.717, 1.165) is 12.1 Å². The van der Waals surface area contributed by atoms with Crippen molar-refractivity contribution in [1.82, 2.24) is 10.2 Å². The molecule has 0 aliphatic carbocycles. The van der Waals surface area contributed by atoms with Gasteiger partial charge in [-0.25, -0.2) is 4.79 Å². The number of rotatable bonds is 5. The number of benzene rings is 2. The number of hydrogen-bond acceptors (Lipinski definition) is 2. The van der Waals surface area contributed by atoms with Gasteiger partial charge in [-0.15, -0.1) is 0 Å². The molecule has 3 rings (SSSR count). The summed E-state index contributed by atoms with van der Waals surface area (Å²) >= 11 is 12.0. The van der Waals surface area contributed by atoms with Crippen molar-refractivity contribution in [3.8, 4) is 0 Å². The van der Waals surface area contributed by atoms with Gasteiger partial charge in [-0.2, -0.15) is 13.2 Å². The van der Waals surface area contributed by atoms with Gasteiger partial charge in [0.05, 0.1) is 22.3 Å². The molecule has 1 aliphatic rings. The van der Waals surface area contributed by atoms with Crippen molar-refractivity contribution < 1.29 is 22.8 Å². The molecule has 3 amide bonds. The zero-order chi connectivity index (χ0) is 21.9. The van der Waals surface area contributed by atoms with E-state index in [1.54, 1.807) is 6.07 Å². The van der Waals surface area contributed by atoms with Crippen LogP contribution in [-0.2, 0) is 11.0 Å². The Morgan fingerprint density at radius 3 is 2.60 bits per heavy atom. The highest BCUT2D eigenvalue weighted by atomic mass is 35.5. The second kappa shape index (κ2) is 9.14. The minimum absolute atomic E-state index is 0.0524. The summed E-state index contributed by atoms with van der Waals surface area (Å²) in [4.78, 5) is 26.1. The molecule has 1 saturated heterocycles. The summed E-state index contributed by atoms with van der Waals surface area (Å²) in [6, 6.07) is 7.64. The zero-order valence-corrected chi connectivity index (χ0v) is 17.1. The van der Waals surface area contributed by atoms with E-state index in [1.165, 1.54) is 29.2 Å². The predicted octanol–water partition coefficient (Wildman–Crippen LogP) is 5.50. The maximum absolute atomic E-state index is 13.1. The number of nitrogens with zero attached hydrogens (tertiary/aromatic N) is 1. The van der Waals surface area contributed by atoms with Crippen LogP contribution in [0, 0.1) is 0 Å². The molecule has 160 valence electrons. The number of likely N-dealkylation sites (tertiary alicyclic amines) is 1. The van der Waals surface area contributed by atoms with Crippen molar-refractivity contribution in [2.24, 2.45) is 0 Å². The van der Waals surface area contributed by atoms with Crippen molar-refractivity contribution in [3.63, 3.8) is 0 Å². The fourth-order valence-corrected chi connectivity index (χ4v) is 3.53. The lowest BCUT2D eigenvalue weighted by Gasteiger charge is -2.26. The fourth-order valence-electron chi connectivity index (χ4n) is 3.19. The molecule has 5 nitrogen and oxygen atoms in total. The normalized spacial score (nSPS) is 15.2. The van der Waals surface area contributed by atoms with Crippen molar-refractivity contribution >= 4 is 40.8 Å². The lowest BCUT2D eigenvalue weighted by molar-refractivity contribution is -0.137. The molecule has 0 bridgehead atoms. The monoisotopic (exact) mass is 459 g/mol. The van der Waals surface area contributed by atoms with Crippen LogP contribution in [-0.4, -0.2) is 29.9 Å². The van der Waals surface area contributed by atoms with Gasteiger partial charge >= 0.3 is 12.2 Å². The van der Waals surface area contributed by atoms with Crippen LogP contribution in [0.3, 0.4) is 0 Å². The standard InChI is InChI=1S/C20H18Cl2F3N3O2/c21-14-6-7-15(22)16(10-14)26-19(30)27-17(11-28-8-2-5-18(28)29)12-3-1-4-13(9-12)20(23,24)25/h1,3-4,6-7,9-10,17H,2,5,8,11H2,(H2,26,27,30). The minimum Gasteiger partial charge on any atom is -0.340 e. The molecule has 2 aromatic carbocycles. The second-order valence-corrected chi connectivity index (χ2v) is 7.69. The van der Waals surface area contributed by atoms with E-state index in [2.05, 4.69) is 10.6 Å². The highest BCUT2D eigenvalue weighted by molar-refractivity contribution is 6.35. The molecule has 2 aromatic rings. The Morgan fingerprint density at radius 1 is 1.17 bits per heavy atom. The van der Waals surface area contributed by atoms with Crippen molar-refractivity contribution in [1.29, 1.82) is 0 Å². The van der Waals surface area contributed by atoms with E-state index in [-0.39, 0.29) is 28.7 Å². The maximum atomic E-state index is 13.1. The molecule has 1 heterocycles. The number of amides is 3. The number of anilines is 1. The smallest absolute Gasteiger partial charge is 0.340 e. The molecule has 0 spiro atoms. The van der Waals surface area contributed by atoms with E-state index in [9.17, 15) is 22.8 Å². The highest BCUT2D eigenvalue weighted by Gasteiger charge is 2.32. The van der Waals surface area contributed by atoms with Gasteiger partial charge in [0.15, 0.2) is 0 Å². The Labute approximate surface area is 181 Å². The summed E-state index contributed by atoms with van der Waals surface area (Å²) in [6.45, 7) is 0.536. The lowest BCUT2D eigenvalue weighted by Crippen LogP contribution is -2.40. The summed E-state index contributed by atoms with van der Waals surface area (Å²) in [5.74, 6) is -0.105. The molecule has 0 aromatic heterocycles. The first-order valence-electron chi connectivity index (χ1n) is 9.11. The summed E-state index contributed by atoms with van der Waals surface area (Å²) in [5, 5.41) is 5.79. The van der Waals surface area contributed by atoms with E-state index < -0.39 is 23.8 Å². The summed E-state index contributed by atoms with van der Waals surface area (Å²) in [6.07, 6.45) is -3.49. The number of alkyl halides is 3. The van der Waals surface area contributed by atoms with Crippen LogP contribution in [0.1, 0.15) is 30.0 Å². The van der Waals surface area contributed by atoms with Gasteiger partial charge in [-0.3, -0.25) is 4.79 Å². The van der Waals surface area contributed by atoms with Crippen LogP contribution in [0.5, 0.6) is 0 Å². The van der Waals surface area contributed by atoms with Gasteiger partial charge in [-0.1, -0.05) is 35.3 Å². The summed E-state index contributed by atoms with van der Waals surface area (Å²) < 4.78 is 39.4. The predicted molar refractivity (Wildman–Crippen MR) is 109 cm³/mol. The van der Waals surface area contributed by atoms with E-state index in [4.69, 9.17) is 23.2 Å². The van der Waals surface area contributed by atoms with Crippen molar-refractivity contribution in [2.75, 3.05) is 18.4 Å². The third-order valence-electron chi connectivity index (χ3n) is 4.67. The summed E-state index contributed by atoms with van der Waals surface area (Å²) in [5.41, 5.74) is -0.351. The first-order chi connectivity index (χ1) is 14.1. The SMILES string of the molecule is O=C(Nc1cc(Cl)ccc1Cl)NC(CN1CCCC1=O)c1cccc(C(F)(F)F)c1. The third kappa shape index (κ3) is 5.58. The molecule has 0 saturated carbocycles. The van der Waals surface area contributed by atoms with E-state index in [1.807, 2.05) is 0 Å². The molecule has 1 unspecified atom stereocenters. The van der Waals surface area contributed by atoms with Crippen LogP contribution in [0.25, 0.3) is 0 Å². The molecule has 0 radical (unpaired) electrons. The molecule has 1 aliphatic heterocycles. The number of urea groups is 1. The Bertz CT molecular complexity index is 953. The number of carbonyl (C=O) groups excluding carboxylic acids is 2. The fraction of sp³-hybridized carbons (Fsp3) is 0.300. The number of halogens is 5. The average Bonchev–Trinajstić information content (AvgIpc) is 3.08. The van der Waals surface area contributed by atoms with Crippen LogP contribution in [0.15, 0.2) is 42.5 Å². The Kier molecular flexibility index (Phi) is 6.77. The topological polar surface area (TPSA) is 61.4 Å². The number of nitrogens with one attached hydrogen (secondary N) is 2. The minimum atomic E-state index is -4.53. The van der Waals surface area contributed by atoms with E-state index >= 15 is 0 Å². The third-order valence-corrected chi connectivity index (χ3v) is 5.24. The average molecular weight is 460 g/mol. The van der Waals surface area contributed by atoms with Crippen LogP contribution in [0.4, 0.5) is 23.7 Å². The molecule has 10 heteroatoms. The Balaban J connectivity index is 1.83. The molecular weight excluding hydrogens is 442 g/mol. The molecular formula is C20H18Cl2F3N3O2. The van der Waals surface area contributed by atoms with Crippen LogP contribution < -0.4 is 10.6 Å². The Morgan fingerprint density at radius 2 is 1.93 bits per heavy atom. The highest BCUT2D eigenvalue weighted by Crippen LogP contribution is 2.31. The Hall–Kier alpha value is -2.45. The van der Waals surface area contributed by atoms with Gasteiger partial charge in [0.1, 0.15) is 0 Å². The van der Waals surface area contributed by atoms with Crippen LogP contribution >= 0.6 is 23.2 Å². The zero-order valence-electron chi connectivity index (χ0n) is 15.6. The van der Waals surface area contributed by atoms with Gasteiger partial charge in [0, 0.05) is 24.5 Å². The van der Waals surface area contributed by atoms with Gasteiger partial charge in [-0.05, 0) is 42.3 Å². The van der Waals surface area contributed by atoms with Crippen molar-refractivity contribution in [2.45, 2.75) is 25.1 Å². The van der Waals surface area contributed by atoms with Crippen LogP contribution in [0.2, 0.25) is 10.0 Å². The molecule has 1 atom stereocenters. The lowest BCUT2D eigenvalue weighted by atomic mass is 10.0. The maximum Gasteiger partial charge on any atom is 0.416 e. The van der Waals surface area contributed by atoms with E-state index in [0.29, 0.717) is 24.4 Å². The molecule has 2 N–H and O–H groups in total. The quantitative estimate of drug-likeness (QED) is 0.620. The number of hydrogen-bond donors (Lipinski definition) is 2. The van der Waals surface area contributed by atoms with Gasteiger partial charge < -0.3 is 15.5 Å².